The van der Waals surface area contributed by atoms with Crippen LogP contribution in [0.15, 0.2) is 42.5 Å². The molecular formula is C33H48N4O3. The van der Waals surface area contributed by atoms with Crippen molar-refractivity contribution in [3.63, 3.8) is 0 Å². The first-order valence-corrected chi connectivity index (χ1v) is 15.3. The van der Waals surface area contributed by atoms with Crippen LogP contribution in [0, 0.1) is 5.92 Å². The standard InChI is InChI=1S/C33H48N4O3/c1-26(2)15-19-37-24-30-29(13-10-14-31(30)40-20-8-3-5-16-34-32(38)25-37)33(39)35-22-27-11-9-12-28(21-27)23-36-17-6-4-7-18-36/h9-14,21,26H,3-8,15-20,22-25H2,1-2H3,(H,34,38)(H,35,39). The third-order valence-electron chi connectivity index (χ3n) is 7.85. The van der Waals surface area contributed by atoms with Gasteiger partial charge in [-0.25, -0.2) is 0 Å². The lowest BCUT2D eigenvalue weighted by molar-refractivity contribution is -0.122. The number of ether oxygens (including phenoxy) is 1. The van der Waals surface area contributed by atoms with Gasteiger partial charge in [-0.3, -0.25) is 19.4 Å². The van der Waals surface area contributed by atoms with Gasteiger partial charge in [0.2, 0.25) is 5.91 Å². The molecule has 0 saturated carbocycles. The number of nitrogens with zero attached hydrogens (tertiary/aromatic N) is 2. The first kappa shape index (κ1) is 30.1. The maximum Gasteiger partial charge on any atom is 0.252 e. The fourth-order valence-electron chi connectivity index (χ4n) is 5.52. The predicted octanol–water partition coefficient (Wildman–Crippen LogP) is 5.13. The van der Waals surface area contributed by atoms with Gasteiger partial charge in [0.1, 0.15) is 5.75 Å². The van der Waals surface area contributed by atoms with E-state index in [-0.39, 0.29) is 11.8 Å². The maximum atomic E-state index is 13.6. The van der Waals surface area contributed by atoms with Crippen LogP contribution in [0.3, 0.4) is 0 Å². The molecule has 0 aliphatic carbocycles. The van der Waals surface area contributed by atoms with E-state index in [2.05, 4.69) is 58.5 Å². The van der Waals surface area contributed by atoms with Crippen molar-refractivity contribution in [3.05, 3.63) is 64.7 Å². The lowest BCUT2D eigenvalue weighted by Gasteiger charge is -2.26. The predicted molar refractivity (Wildman–Crippen MR) is 160 cm³/mol. The summed E-state index contributed by atoms with van der Waals surface area (Å²) in [5, 5.41) is 6.23. The summed E-state index contributed by atoms with van der Waals surface area (Å²) in [6.45, 7) is 11.0. The van der Waals surface area contributed by atoms with Crippen LogP contribution < -0.4 is 15.4 Å². The number of carbonyl (C=O) groups is 2. The summed E-state index contributed by atoms with van der Waals surface area (Å²) in [6, 6.07) is 14.3. The minimum atomic E-state index is -0.112. The highest BCUT2D eigenvalue weighted by molar-refractivity contribution is 5.96. The zero-order valence-electron chi connectivity index (χ0n) is 24.6. The quantitative estimate of drug-likeness (QED) is 0.479. The molecule has 0 radical (unpaired) electrons. The molecule has 1 saturated heterocycles. The van der Waals surface area contributed by atoms with Gasteiger partial charge in [-0.15, -0.1) is 0 Å². The number of piperidine rings is 1. The van der Waals surface area contributed by atoms with E-state index in [9.17, 15) is 9.59 Å². The van der Waals surface area contributed by atoms with Crippen molar-refractivity contribution in [1.29, 1.82) is 0 Å². The number of nitrogens with one attached hydrogen (secondary N) is 2. The Kier molecular flexibility index (Phi) is 11.9. The first-order chi connectivity index (χ1) is 19.5. The summed E-state index contributed by atoms with van der Waals surface area (Å²) >= 11 is 0. The van der Waals surface area contributed by atoms with Crippen LogP contribution >= 0.6 is 0 Å². The molecule has 0 aromatic heterocycles. The largest absolute Gasteiger partial charge is 0.493 e. The number of amides is 2. The third kappa shape index (κ3) is 9.63. The summed E-state index contributed by atoms with van der Waals surface area (Å²) in [5.41, 5.74) is 3.87. The molecule has 2 heterocycles. The van der Waals surface area contributed by atoms with Gasteiger partial charge in [0.05, 0.1) is 13.2 Å². The first-order valence-electron chi connectivity index (χ1n) is 15.3. The van der Waals surface area contributed by atoms with E-state index in [1.807, 2.05) is 18.2 Å². The highest BCUT2D eigenvalue weighted by Gasteiger charge is 2.21. The Morgan fingerprint density at radius 1 is 0.950 bits per heavy atom. The van der Waals surface area contributed by atoms with Crippen LogP contribution in [0.25, 0.3) is 0 Å². The molecular weight excluding hydrogens is 500 g/mol. The molecule has 7 heteroatoms. The average Bonchev–Trinajstić information content (AvgIpc) is 2.96. The van der Waals surface area contributed by atoms with Crippen molar-refractivity contribution in [3.8, 4) is 5.75 Å². The molecule has 2 aromatic rings. The zero-order valence-corrected chi connectivity index (χ0v) is 24.6. The van der Waals surface area contributed by atoms with Gasteiger partial charge >= 0.3 is 0 Å². The van der Waals surface area contributed by atoms with E-state index in [0.717, 1.165) is 68.7 Å². The number of hydrogen-bond acceptors (Lipinski definition) is 5. The molecule has 2 aromatic carbocycles. The summed E-state index contributed by atoms with van der Waals surface area (Å²) in [7, 11) is 0. The Labute approximate surface area is 240 Å². The second-order valence-electron chi connectivity index (χ2n) is 11.8. The normalized spacial score (nSPS) is 18.0. The molecule has 218 valence electrons. The van der Waals surface area contributed by atoms with E-state index in [1.54, 1.807) is 0 Å². The van der Waals surface area contributed by atoms with Gasteiger partial charge in [-0.05, 0) is 87.3 Å². The van der Waals surface area contributed by atoms with Crippen molar-refractivity contribution in [1.82, 2.24) is 20.4 Å². The van der Waals surface area contributed by atoms with E-state index in [0.29, 0.717) is 44.3 Å². The number of rotatable bonds is 8. The van der Waals surface area contributed by atoms with Crippen molar-refractivity contribution in [2.45, 2.75) is 78.4 Å². The molecule has 0 atom stereocenters. The molecule has 2 N–H and O–H groups in total. The number of carbonyl (C=O) groups excluding carboxylic acids is 2. The van der Waals surface area contributed by atoms with E-state index >= 15 is 0 Å². The fraction of sp³-hybridized carbons (Fsp3) is 0.576. The summed E-state index contributed by atoms with van der Waals surface area (Å²) in [6.07, 6.45) is 7.71. The van der Waals surface area contributed by atoms with Gasteiger partial charge in [-0.2, -0.15) is 0 Å². The van der Waals surface area contributed by atoms with E-state index < -0.39 is 0 Å². The Morgan fingerprint density at radius 3 is 2.55 bits per heavy atom. The molecule has 0 spiro atoms. The minimum Gasteiger partial charge on any atom is -0.493 e. The number of fused-ring (bicyclic) bond motifs is 1. The molecule has 40 heavy (non-hydrogen) atoms. The SMILES string of the molecule is CC(C)CCN1CC(=O)NCCCCCOc2cccc(C(=O)NCc3cccc(CN4CCCCC4)c3)c2C1. The lowest BCUT2D eigenvalue weighted by atomic mass is 10.0. The van der Waals surface area contributed by atoms with Crippen LogP contribution in [-0.4, -0.2) is 60.9 Å². The molecule has 7 nitrogen and oxygen atoms in total. The molecule has 1 fully saturated rings. The highest BCUT2D eigenvalue weighted by atomic mass is 16.5. The summed E-state index contributed by atoms with van der Waals surface area (Å²) < 4.78 is 6.23. The van der Waals surface area contributed by atoms with Crippen LogP contribution in [0.4, 0.5) is 0 Å². The van der Waals surface area contributed by atoms with Gasteiger partial charge in [0.15, 0.2) is 0 Å². The summed E-state index contributed by atoms with van der Waals surface area (Å²) in [4.78, 5) is 31.0. The van der Waals surface area contributed by atoms with Crippen molar-refractivity contribution in [2.24, 2.45) is 5.92 Å². The van der Waals surface area contributed by atoms with Crippen LogP contribution in [0.2, 0.25) is 0 Å². The maximum absolute atomic E-state index is 13.6. The summed E-state index contributed by atoms with van der Waals surface area (Å²) in [5.74, 6) is 1.19. The molecule has 2 amide bonds. The van der Waals surface area contributed by atoms with Crippen molar-refractivity contribution < 1.29 is 14.3 Å². The van der Waals surface area contributed by atoms with E-state index in [1.165, 1.54) is 24.8 Å². The molecule has 0 unspecified atom stereocenters. The smallest absolute Gasteiger partial charge is 0.252 e. The minimum absolute atomic E-state index is 0.0387. The number of likely N-dealkylation sites (tertiary alicyclic amines) is 1. The van der Waals surface area contributed by atoms with Crippen molar-refractivity contribution >= 4 is 11.8 Å². The molecule has 4 rings (SSSR count). The Balaban J connectivity index is 1.49. The Morgan fingerprint density at radius 2 is 1.73 bits per heavy atom. The number of benzene rings is 2. The Hall–Kier alpha value is -2.90. The van der Waals surface area contributed by atoms with Gasteiger partial charge in [0.25, 0.3) is 5.91 Å². The van der Waals surface area contributed by atoms with Gasteiger partial charge in [0, 0.05) is 37.3 Å². The highest BCUT2D eigenvalue weighted by Crippen LogP contribution is 2.26. The molecule has 2 aliphatic heterocycles. The van der Waals surface area contributed by atoms with Crippen LogP contribution in [0.1, 0.15) is 85.8 Å². The monoisotopic (exact) mass is 548 g/mol. The second-order valence-corrected chi connectivity index (χ2v) is 11.8. The van der Waals surface area contributed by atoms with Crippen LogP contribution in [-0.2, 0) is 24.4 Å². The van der Waals surface area contributed by atoms with E-state index in [4.69, 9.17) is 4.74 Å². The zero-order chi connectivity index (χ0) is 28.2. The topological polar surface area (TPSA) is 73.9 Å². The molecule has 0 bridgehead atoms. The Bertz CT molecular complexity index is 1100. The second kappa shape index (κ2) is 15.8. The fourth-order valence-corrected chi connectivity index (χ4v) is 5.52. The van der Waals surface area contributed by atoms with Crippen LogP contribution in [0.5, 0.6) is 5.75 Å². The number of hydrogen-bond donors (Lipinski definition) is 2. The van der Waals surface area contributed by atoms with Crippen molar-refractivity contribution in [2.75, 3.05) is 39.3 Å². The lowest BCUT2D eigenvalue weighted by Crippen LogP contribution is -2.38. The average molecular weight is 549 g/mol. The third-order valence-corrected chi connectivity index (χ3v) is 7.85. The van der Waals surface area contributed by atoms with Gasteiger partial charge < -0.3 is 15.4 Å². The van der Waals surface area contributed by atoms with Gasteiger partial charge in [-0.1, -0.05) is 50.6 Å². The molecule has 2 aliphatic rings.